The van der Waals surface area contributed by atoms with Crippen LogP contribution in [0.1, 0.15) is 12.5 Å². The number of hydrogen-bond donors (Lipinski definition) is 1. The number of rotatable bonds is 7. The van der Waals surface area contributed by atoms with Gasteiger partial charge in [0.25, 0.3) is 5.91 Å². The molecule has 0 aromatic heterocycles. The normalized spacial score (nSPS) is 11.8. The average molecular weight is 349 g/mol. The Labute approximate surface area is 153 Å². The van der Waals surface area contributed by atoms with Crippen molar-refractivity contribution in [3.05, 3.63) is 72.3 Å². The van der Waals surface area contributed by atoms with Crippen molar-refractivity contribution in [2.75, 3.05) is 13.2 Å². The molecule has 0 spiro atoms. The summed E-state index contributed by atoms with van der Waals surface area (Å²) >= 11 is 0. The predicted molar refractivity (Wildman–Crippen MR) is 104 cm³/mol. The molecule has 0 bridgehead atoms. The van der Waals surface area contributed by atoms with Crippen molar-refractivity contribution in [2.24, 2.45) is 0 Å². The Hall–Kier alpha value is -3.01. The lowest BCUT2D eigenvalue weighted by atomic mass is 10.1. The van der Waals surface area contributed by atoms with E-state index in [9.17, 15) is 4.79 Å². The van der Waals surface area contributed by atoms with E-state index in [-0.39, 0.29) is 5.91 Å². The van der Waals surface area contributed by atoms with E-state index in [2.05, 4.69) is 5.32 Å². The van der Waals surface area contributed by atoms with Gasteiger partial charge in [0.15, 0.2) is 6.10 Å². The van der Waals surface area contributed by atoms with Crippen molar-refractivity contribution in [1.29, 1.82) is 0 Å². The van der Waals surface area contributed by atoms with Gasteiger partial charge in [-0.2, -0.15) is 0 Å². The van der Waals surface area contributed by atoms with Gasteiger partial charge in [-0.1, -0.05) is 54.1 Å². The first kappa shape index (κ1) is 17.8. The zero-order valence-electron chi connectivity index (χ0n) is 15.1. The third-order valence-corrected chi connectivity index (χ3v) is 4.11. The zero-order valence-corrected chi connectivity index (χ0v) is 15.1. The first-order valence-corrected chi connectivity index (χ1v) is 8.75. The molecule has 4 heteroatoms. The molecule has 3 aromatic carbocycles. The van der Waals surface area contributed by atoms with Crippen LogP contribution in [0.15, 0.2) is 66.7 Å². The molecule has 134 valence electrons. The number of amides is 1. The summed E-state index contributed by atoms with van der Waals surface area (Å²) in [7, 11) is 0. The summed E-state index contributed by atoms with van der Waals surface area (Å²) in [4.78, 5) is 12.1. The quantitative estimate of drug-likeness (QED) is 0.653. The van der Waals surface area contributed by atoms with E-state index in [0.717, 1.165) is 22.1 Å². The van der Waals surface area contributed by atoms with Crippen LogP contribution in [0.2, 0.25) is 0 Å². The maximum Gasteiger partial charge on any atom is 0.260 e. The summed E-state index contributed by atoms with van der Waals surface area (Å²) in [6, 6.07) is 21.7. The summed E-state index contributed by atoms with van der Waals surface area (Å²) in [5.74, 6) is 1.35. The number of ether oxygens (including phenoxy) is 2. The largest absolute Gasteiger partial charge is 0.491 e. The third-order valence-electron chi connectivity index (χ3n) is 4.11. The van der Waals surface area contributed by atoms with Gasteiger partial charge >= 0.3 is 0 Å². The average Bonchev–Trinajstić information content (AvgIpc) is 2.67. The van der Waals surface area contributed by atoms with Crippen LogP contribution in [0.4, 0.5) is 0 Å². The standard InChI is InChI=1S/C22H23NO3/c1-16-10-12-19(13-11-16)26-17(2)22(24)23-14-15-25-21-9-5-7-18-6-3-4-8-20(18)21/h3-13,17H,14-15H2,1-2H3,(H,23,24)/t17-/m0/s1. The van der Waals surface area contributed by atoms with Gasteiger partial charge in [-0.25, -0.2) is 0 Å². The summed E-state index contributed by atoms with van der Waals surface area (Å²) in [6.07, 6.45) is -0.560. The molecule has 1 amide bonds. The van der Waals surface area contributed by atoms with Crippen LogP contribution in [0, 0.1) is 6.92 Å². The van der Waals surface area contributed by atoms with Crippen LogP contribution in [0.3, 0.4) is 0 Å². The van der Waals surface area contributed by atoms with Gasteiger partial charge in [-0.3, -0.25) is 4.79 Å². The van der Waals surface area contributed by atoms with Crippen molar-refractivity contribution in [1.82, 2.24) is 5.32 Å². The Morgan fingerprint density at radius 1 is 1.00 bits per heavy atom. The Morgan fingerprint density at radius 2 is 1.73 bits per heavy atom. The van der Waals surface area contributed by atoms with E-state index in [1.165, 1.54) is 0 Å². The molecule has 0 saturated heterocycles. The fraction of sp³-hybridized carbons (Fsp3) is 0.227. The van der Waals surface area contributed by atoms with E-state index >= 15 is 0 Å². The molecule has 0 saturated carbocycles. The SMILES string of the molecule is Cc1ccc(O[C@@H](C)C(=O)NCCOc2cccc3ccccc23)cc1. The highest BCUT2D eigenvalue weighted by atomic mass is 16.5. The predicted octanol–water partition coefficient (Wildman–Crippen LogP) is 4.11. The molecule has 0 aliphatic carbocycles. The first-order valence-electron chi connectivity index (χ1n) is 8.75. The van der Waals surface area contributed by atoms with Crippen molar-refractivity contribution < 1.29 is 14.3 Å². The lowest BCUT2D eigenvalue weighted by molar-refractivity contribution is -0.127. The van der Waals surface area contributed by atoms with Gasteiger partial charge in [0, 0.05) is 5.39 Å². The van der Waals surface area contributed by atoms with Crippen molar-refractivity contribution >= 4 is 16.7 Å². The van der Waals surface area contributed by atoms with Gasteiger partial charge in [0.05, 0.1) is 6.54 Å². The molecule has 3 rings (SSSR count). The van der Waals surface area contributed by atoms with Crippen LogP contribution in [0.25, 0.3) is 10.8 Å². The van der Waals surface area contributed by atoms with Gasteiger partial charge in [0.2, 0.25) is 0 Å². The van der Waals surface area contributed by atoms with E-state index in [1.54, 1.807) is 6.92 Å². The summed E-state index contributed by atoms with van der Waals surface area (Å²) in [5.41, 5.74) is 1.15. The fourth-order valence-corrected chi connectivity index (χ4v) is 2.67. The number of aryl methyl sites for hydroxylation is 1. The first-order chi connectivity index (χ1) is 12.6. The van der Waals surface area contributed by atoms with Crippen LogP contribution < -0.4 is 14.8 Å². The minimum atomic E-state index is -0.560. The molecule has 0 radical (unpaired) electrons. The maximum absolute atomic E-state index is 12.1. The molecule has 1 N–H and O–H groups in total. The molecular formula is C22H23NO3. The van der Waals surface area contributed by atoms with Gasteiger partial charge in [0.1, 0.15) is 18.1 Å². The summed E-state index contributed by atoms with van der Waals surface area (Å²) in [6.45, 7) is 4.57. The second-order valence-electron chi connectivity index (χ2n) is 6.19. The number of benzene rings is 3. The molecule has 0 heterocycles. The Balaban J connectivity index is 1.46. The number of hydrogen-bond acceptors (Lipinski definition) is 3. The van der Waals surface area contributed by atoms with Crippen molar-refractivity contribution in [3.8, 4) is 11.5 Å². The van der Waals surface area contributed by atoms with Gasteiger partial charge < -0.3 is 14.8 Å². The highest BCUT2D eigenvalue weighted by molar-refractivity contribution is 5.88. The lowest BCUT2D eigenvalue weighted by Gasteiger charge is -2.15. The maximum atomic E-state index is 12.1. The van der Waals surface area contributed by atoms with E-state index in [4.69, 9.17) is 9.47 Å². The Bertz CT molecular complexity index is 869. The van der Waals surface area contributed by atoms with Crippen LogP contribution in [0.5, 0.6) is 11.5 Å². The smallest absolute Gasteiger partial charge is 0.260 e. The van der Waals surface area contributed by atoms with Crippen LogP contribution in [-0.4, -0.2) is 25.2 Å². The molecule has 4 nitrogen and oxygen atoms in total. The second kappa shape index (κ2) is 8.39. The van der Waals surface area contributed by atoms with Crippen molar-refractivity contribution in [2.45, 2.75) is 20.0 Å². The fourth-order valence-electron chi connectivity index (χ4n) is 2.67. The monoisotopic (exact) mass is 349 g/mol. The number of fused-ring (bicyclic) bond motifs is 1. The molecule has 0 unspecified atom stereocenters. The molecule has 26 heavy (non-hydrogen) atoms. The molecule has 0 fully saturated rings. The van der Waals surface area contributed by atoms with Crippen molar-refractivity contribution in [3.63, 3.8) is 0 Å². The minimum Gasteiger partial charge on any atom is -0.491 e. The van der Waals surface area contributed by atoms with E-state index in [0.29, 0.717) is 18.9 Å². The highest BCUT2D eigenvalue weighted by Crippen LogP contribution is 2.24. The number of nitrogens with one attached hydrogen (secondary N) is 1. The highest BCUT2D eigenvalue weighted by Gasteiger charge is 2.14. The van der Waals surface area contributed by atoms with Gasteiger partial charge in [-0.05, 0) is 37.4 Å². The Morgan fingerprint density at radius 3 is 2.54 bits per heavy atom. The third kappa shape index (κ3) is 4.54. The Kier molecular flexibility index (Phi) is 5.74. The second-order valence-corrected chi connectivity index (χ2v) is 6.19. The summed E-state index contributed by atoms with van der Waals surface area (Å²) in [5, 5.41) is 5.04. The zero-order chi connectivity index (χ0) is 18.4. The summed E-state index contributed by atoms with van der Waals surface area (Å²) < 4.78 is 11.5. The van der Waals surface area contributed by atoms with E-state index in [1.807, 2.05) is 73.7 Å². The number of carbonyl (C=O) groups excluding carboxylic acids is 1. The molecule has 3 aromatic rings. The lowest BCUT2D eigenvalue weighted by Crippen LogP contribution is -2.38. The topological polar surface area (TPSA) is 47.6 Å². The van der Waals surface area contributed by atoms with Gasteiger partial charge in [-0.15, -0.1) is 0 Å². The van der Waals surface area contributed by atoms with E-state index < -0.39 is 6.10 Å². The molecular weight excluding hydrogens is 326 g/mol. The molecule has 1 atom stereocenters. The van der Waals surface area contributed by atoms with Crippen LogP contribution in [-0.2, 0) is 4.79 Å². The minimum absolute atomic E-state index is 0.160. The number of carbonyl (C=O) groups is 1. The van der Waals surface area contributed by atoms with Crippen LogP contribution >= 0.6 is 0 Å². The molecule has 0 aliphatic heterocycles. The molecule has 0 aliphatic rings.